The molecule has 1 aliphatic heterocycles. The van der Waals surface area contributed by atoms with Crippen molar-refractivity contribution in [1.29, 1.82) is 0 Å². The molecule has 1 aromatic rings. The van der Waals surface area contributed by atoms with Crippen LogP contribution in [0.15, 0.2) is 24.3 Å². The normalized spacial score (nSPS) is 19.9. The first-order valence-electron chi connectivity index (χ1n) is 6.37. The number of nitrogens with zero attached hydrogens (tertiary/aromatic N) is 1. The molecule has 1 saturated heterocycles. The number of carbonyl (C=O) groups is 1. The highest BCUT2D eigenvalue weighted by molar-refractivity contribution is 5.94. The maximum Gasteiger partial charge on any atom is 0.256 e. The molecule has 0 spiro atoms. The van der Waals surface area contributed by atoms with E-state index in [-0.39, 0.29) is 17.6 Å². The first-order valence-corrected chi connectivity index (χ1v) is 6.37. The van der Waals surface area contributed by atoms with Gasteiger partial charge in [0.25, 0.3) is 5.91 Å². The van der Waals surface area contributed by atoms with Crippen LogP contribution in [-0.4, -0.2) is 36.6 Å². The van der Waals surface area contributed by atoms with E-state index in [1.165, 1.54) is 12.1 Å². The SMILES string of the molecule is CCO[C@H]1CCCN(C(=O)c2ccccc2F)C1. The number of benzene rings is 1. The van der Waals surface area contributed by atoms with Crippen LogP contribution in [0.5, 0.6) is 0 Å². The summed E-state index contributed by atoms with van der Waals surface area (Å²) in [4.78, 5) is 13.9. The van der Waals surface area contributed by atoms with Crippen molar-refractivity contribution >= 4 is 5.91 Å². The van der Waals surface area contributed by atoms with Crippen LogP contribution in [-0.2, 0) is 4.74 Å². The molecule has 4 heteroatoms. The lowest BCUT2D eigenvalue weighted by atomic mass is 10.1. The van der Waals surface area contributed by atoms with E-state index >= 15 is 0 Å². The number of hydrogen-bond acceptors (Lipinski definition) is 2. The van der Waals surface area contributed by atoms with Gasteiger partial charge >= 0.3 is 0 Å². The van der Waals surface area contributed by atoms with E-state index in [1.807, 2.05) is 6.92 Å². The second kappa shape index (κ2) is 5.96. The highest BCUT2D eigenvalue weighted by Crippen LogP contribution is 2.17. The van der Waals surface area contributed by atoms with Crippen molar-refractivity contribution in [1.82, 2.24) is 4.90 Å². The molecule has 1 aromatic carbocycles. The minimum Gasteiger partial charge on any atom is -0.377 e. The van der Waals surface area contributed by atoms with Gasteiger partial charge in [-0.05, 0) is 31.9 Å². The summed E-state index contributed by atoms with van der Waals surface area (Å²) >= 11 is 0. The molecule has 0 N–H and O–H groups in total. The number of carbonyl (C=O) groups excluding carboxylic acids is 1. The number of likely N-dealkylation sites (tertiary alicyclic amines) is 1. The number of halogens is 1. The van der Waals surface area contributed by atoms with Crippen LogP contribution in [0, 0.1) is 5.82 Å². The van der Waals surface area contributed by atoms with Crippen molar-refractivity contribution in [2.75, 3.05) is 19.7 Å². The molecule has 0 aromatic heterocycles. The smallest absolute Gasteiger partial charge is 0.256 e. The van der Waals surface area contributed by atoms with E-state index in [4.69, 9.17) is 4.74 Å². The summed E-state index contributed by atoms with van der Waals surface area (Å²) in [5, 5.41) is 0. The number of rotatable bonds is 3. The van der Waals surface area contributed by atoms with Gasteiger partial charge in [0.2, 0.25) is 0 Å². The van der Waals surface area contributed by atoms with Gasteiger partial charge in [-0.1, -0.05) is 12.1 Å². The maximum atomic E-state index is 13.6. The minimum atomic E-state index is -0.457. The van der Waals surface area contributed by atoms with Crippen molar-refractivity contribution in [2.45, 2.75) is 25.9 Å². The number of ether oxygens (including phenoxy) is 1. The highest BCUT2D eigenvalue weighted by atomic mass is 19.1. The molecule has 0 radical (unpaired) electrons. The van der Waals surface area contributed by atoms with Crippen molar-refractivity contribution in [2.24, 2.45) is 0 Å². The van der Waals surface area contributed by atoms with Gasteiger partial charge in [0.1, 0.15) is 5.82 Å². The molecule has 0 saturated carbocycles. The zero-order valence-electron chi connectivity index (χ0n) is 10.6. The Morgan fingerprint density at radius 3 is 3.00 bits per heavy atom. The van der Waals surface area contributed by atoms with Gasteiger partial charge in [-0.3, -0.25) is 4.79 Å². The quantitative estimate of drug-likeness (QED) is 0.826. The fourth-order valence-electron chi connectivity index (χ4n) is 2.30. The van der Waals surface area contributed by atoms with E-state index < -0.39 is 5.82 Å². The van der Waals surface area contributed by atoms with E-state index in [0.29, 0.717) is 19.7 Å². The third-order valence-corrected chi connectivity index (χ3v) is 3.17. The first kappa shape index (κ1) is 13.0. The second-order valence-corrected chi connectivity index (χ2v) is 4.45. The lowest BCUT2D eigenvalue weighted by Gasteiger charge is -2.32. The summed E-state index contributed by atoms with van der Waals surface area (Å²) in [5.74, 6) is -0.696. The van der Waals surface area contributed by atoms with Crippen molar-refractivity contribution < 1.29 is 13.9 Å². The van der Waals surface area contributed by atoms with Gasteiger partial charge in [0.15, 0.2) is 0 Å². The standard InChI is InChI=1S/C14H18FNO2/c1-2-18-11-6-5-9-16(10-11)14(17)12-7-3-4-8-13(12)15/h3-4,7-8,11H,2,5-6,9-10H2,1H3/t11-/m0/s1. The predicted molar refractivity (Wildman–Crippen MR) is 67.0 cm³/mol. The molecule has 1 atom stereocenters. The highest BCUT2D eigenvalue weighted by Gasteiger charge is 2.25. The zero-order chi connectivity index (χ0) is 13.0. The second-order valence-electron chi connectivity index (χ2n) is 4.45. The summed E-state index contributed by atoms with van der Waals surface area (Å²) in [7, 11) is 0. The Kier molecular flexibility index (Phi) is 4.31. The monoisotopic (exact) mass is 251 g/mol. The molecule has 3 nitrogen and oxygen atoms in total. The Hall–Kier alpha value is -1.42. The maximum absolute atomic E-state index is 13.6. The number of piperidine rings is 1. The summed E-state index contributed by atoms with van der Waals surface area (Å²) in [6.07, 6.45) is 1.96. The van der Waals surface area contributed by atoms with Crippen molar-refractivity contribution in [3.8, 4) is 0 Å². The lowest BCUT2D eigenvalue weighted by molar-refractivity contribution is 0.00708. The summed E-state index contributed by atoms with van der Waals surface area (Å²) in [6, 6.07) is 6.12. The van der Waals surface area contributed by atoms with E-state index in [2.05, 4.69) is 0 Å². The van der Waals surface area contributed by atoms with Crippen molar-refractivity contribution in [3.05, 3.63) is 35.6 Å². The molecular formula is C14H18FNO2. The fourth-order valence-corrected chi connectivity index (χ4v) is 2.30. The molecule has 98 valence electrons. The lowest BCUT2D eigenvalue weighted by Crippen LogP contribution is -2.43. The van der Waals surface area contributed by atoms with E-state index in [1.54, 1.807) is 17.0 Å². The number of hydrogen-bond donors (Lipinski definition) is 0. The van der Waals surface area contributed by atoms with Crippen molar-refractivity contribution in [3.63, 3.8) is 0 Å². The summed E-state index contributed by atoms with van der Waals surface area (Å²) in [5.41, 5.74) is 0.148. The van der Waals surface area contributed by atoms with E-state index in [9.17, 15) is 9.18 Å². The molecule has 1 aliphatic rings. The Balaban J connectivity index is 2.07. The molecular weight excluding hydrogens is 233 g/mol. The van der Waals surface area contributed by atoms with Gasteiger partial charge in [0, 0.05) is 19.7 Å². The molecule has 0 bridgehead atoms. The van der Waals surface area contributed by atoms with E-state index in [0.717, 1.165) is 12.8 Å². The predicted octanol–water partition coefficient (Wildman–Crippen LogP) is 2.47. The van der Waals surface area contributed by atoms with Crippen LogP contribution < -0.4 is 0 Å². The first-order chi connectivity index (χ1) is 8.72. The van der Waals surface area contributed by atoms with Gasteiger partial charge in [0.05, 0.1) is 11.7 Å². The van der Waals surface area contributed by atoms with Crippen LogP contribution in [0.25, 0.3) is 0 Å². The van der Waals surface area contributed by atoms with Gasteiger partial charge in [-0.15, -0.1) is 0 Å². The van der Waals surface area contributed by atoms with Crippen LogP contribution >= 0.6 is 0 Å². The van der Waals surface area contributed by atoms with Gasteiger partial charge in [-0.25, -0.2) is 4.39 Å². The minimum absolute atomic E-state index is 0.0828. The topological polar surface area (TPSA) is 29.5 Å². The number of amides is 1. The molecule has 1 heterocycles. The Morgan fingerprint density at radius 2 is 2.28 bits per heavy atom. The average molecular weight is 251 g/mol. The molecule has 0 aliphatic carbocycles. The molecule has 0 unspecified atom stereocenters. The molecule has 1 fully saturated rings. The fraction of sp³-hybridized carbons (Fsp3) is 0.500. The third-order valence-electron chi connectivity index (χ3n) is 3.17. The largest absolute Gasteiger partial charge is 0.377 e. The Labute approximate surface area is 107 Å². The molecule has 1 amide bonds. The summed E-state index contributed by atoms with van der Waals surface area (Å²) in [6.45, 7) is 3.82. The summed E-state index contributed by atoms with van der Waals surface area (Å²) < 4.78 is 19.1. The third kappa shape index (κ3) is 2.88. The Bertz CT molecular complexity index is 420. The van der Waals surface area contributed by atoms with Gasteiger partial charge in [-0.2, -0.15) is 0 Å². The van der Waals surface area contributed by atoms with Crippen LogP contribution in [0.3, 0.4) is 0 Å². The molecule has 2 rings (SSSR count). The molecule has 18 heavy (non-hydrogen) atoms. The zero-order valence-corrected chi connectivity index (χ0v) is 10.6. The Morgan fingerprint density at radius 1 is 1.50 bits per heavy atom. The van der Waals surface area contributed by atoms with Gasteiger partial charge < -0.3 is 9.64 Å². The van der Waals surface area contributed by atoms with Crippen LogP contribution in [0.4, 0.5) is 4.39 Å². The van der Waals surface area contributed by atoms with Crippen LogP contribution in [0.1, 0.15) is 30.1 Å². The van der Waals surface area contributed by atoms with Crippen LogP contribution in [0.2, 0.25) is 0 Å². The average Bonchev–Trinajstić information content (AvgIpc) is 2.39.